The Balaban J connectivity index is 2.05. The maximum absolute atomic E-state index is 12.1. The highest BCUT2D eigenvalue weighted by molar-refractivity contribution is 5.83. The van der Waals surface area contributed by atoms with E-state index >= 15 is 0 Å². The van der Waals surface area contributed by atoms with E-state index < -0.39 is 5.97 Å². The first-order valence-electron chi connectivity index (χ1n) is 7.16. The predicted octanol–water partition coefficient (Wildman–Crippen LogP) is 3.62. The van der Waals surface area contributed by atoms with Crippen molar-refractivity contribution in [2.24, 2.45) is 0 Å². The largest absolute Gasteiger partial charge is 0.366 e. The summed E-state index contributed by atoms with van der Waals surface area (Å²) in [7, 11) is 0. The summed E-state index contributed by atoms with van der Waals surface area (Å²) >= 11 is 0. The van der Waals surface area contributed by atoms with Crippen LogP contribution >= 0.6 is 0 Å². The Hall–Kier alpha value is -1.35. The van der Waals surface area contributed by atoms with E-state index in [0.29, 0.717) is 0 Å². The van der Waals surface area contributed by atoms with Gasteiger partial charge in [-0.1, -0.05) is 30.3 Å². The zero-order valence-electron chi connectivity index (χ0n) is 12.8. The van der Waals surface area contributed by atoms with Crippen LogP contribution in [0, 0.1) is 6.42 Å². The third-order valence-corrected chi connectivity index (χ3v) is 3.87. The minimum Gasteiger partial charge on any atom is -0.366 e. The summed E-state index contributed by atoms with van der Waals surface area (Å²) in [6.07, 6.45) is 5.96. The Labute approximate surface area is 121 Å². The highest BCUT2D eigenvalue weighted by Crippen LogP contribution is 2.38. The van der Waals surface area contributed by atoms with Gasteiger partial charge in [0.1, 0.15) is 6.42 Å². The van der Waals surface area contributed by atoms with Crippen molar-refractivity contribution in [3.8, 4) is 0 Å². The van der Waals surface area contributed by atoms with E-state index in [4.69, 9.17) is 4.84 Å². The van der Waals surface area contributed by atoms with Gasteiger partial charge in [0, 0.05) is 0 Å². The van der Waals surface area contributed by atoms with Crippen LogP contribution in [0.1, 0.15) is 52.5 Å². The minimum atomic E-state index is -0.431. The van der Waals surface area contributed by atoms with Crippen molar-refractivity contribution >= 4 is 5.97 Å². The molecule has 1 aliphatic rings. The van der Waals surface area contributed by atoms with Crippen molar-refractivity contribution in [3.63, 3.8) is 0 Å². The number of carbonyl (C=O) groups is 1. The average Bonchev–Trinajstić information content (AvgIpc) is 2.35. The lowest BCUT2D eigenvalue weighted by Crippen LogP contribution is -2.58. The predicted molar refractivity (Wildman–Crippen MR) is 78.7 cm³/mol. The molecule has 1 heterocycles. The molecule has 108 valence electrons. The second kappa shape index (κ2) is 5.57. The molecule has 0 aliphatic carbocycles. The fourth-order valence-electron chi connectivity index (χ4n) is 2.97. The van der Waals surface area contributed by atoms with Crippen LogP contribution in [0.5, 0.6) is 0 Å². The standard InChI is InChI=1S/C17H23NO2/c1-16(2)11-8-12-17(3,4)18(16)20-15(19)13-14-9-6-5-7-10-14/h5-7,9-10H,8,11-12H2,1-4H3. The molecule has 0 saturated carbocycles. The Morgan fingerprint density at radius 1 is 1.10 bits per heavy atom. The number of rotatable bonds is 3. The van der Waals surface area contributed by atoms with Gasteiger partial charge >= 0.3 is 5.97 Å². The number of hydrogen-bond acceptors (Lipinski definition) is 3. The molecule has 0 aromatic heterocycles. The van der Waals surface area contributed by atoms with Crippen molar-refractivity contribution < 1.29 is 9.63 Å². The van der Waals surface area contributed by atoms with Crippen LogP contribution in [0.15, 0.2) is 30.3 Å². The molecule has 1 saturated heterocycles. The van der Waals surface area contributed by atoms with Gasteiger partial charge < -0.3 is 4.84 Å². The highest BCUT2D eigenvalue weighted by atomic mass is 16.7. The molecule has 0 N–H and O–H groups in total. The van der Waals surface area contributed by atoms with E-state index in [0.717, 1.165) is 24.8 Å². The topological polar surface area (TPSA) is 29.5 Å². The summed E-state index contributed by atoms with van der Waals surface area (Å²) in [6, 6.07) is 9.35. The van der Waals surface area contributed by atoms with Crippen LogP contribution in [0.2, 0.25) is 0 Å². The second-order valence-electron chi connectivity index (χ2n) is 6.64. The molecule has 2 rings (SSSR count). The van der Waals surface area contributed by atoms with Crippen LogP contribution in [-0.4, -0.2) is 22.1 Å². The van der Waals surface area contributed by atoms with E-state index in [1.807, 2.05) is 35.4 Å². The maximum atomic E-state index is 12.1. The molecule has 3 nitrogen and oxygen atoms in total. The van der Waals surface area contributed by atoms with E-state index in [1.165, 1.54) is 0 Å². The van der Waals surface area contributed by atoms with Crippen molar-refractivity contribution in [3.05, 3.63) is 42.3 Å². The first-order valence-corrected chi connectivity index (χ1v) is 7.16. The molecular weight excluding hydrogens is 250 g/mol. The van der Waals surface area contributed by atoms with Gasteiger partial charge in [-0.05, 0) is 52.5 Å². The van der Waals surface area contributed by atoms with Crippen LogP contribution in [0.25, 0.3) is 0 Å². The zero-order valence-corrected chi connectivity index (χ0v) is 12.8. The molecule has 2 radical (unpaired) electrons. The van der Waals surface area contributed by atoms with Gasteiger partial charge in [-0.3, -0.25) is 0 Å². The summed E-state index contributed by atoms with van der Waals surface area (Å²) in [5, 5.41) is 1.85. The second-order valence-corrected chi connectivity index (χ2v) is 6.64. The SMILES string of the molecule is CC1(C)CCCC(C)(C)N1OC(=O)[C]c1ccccc1. The summed E-state index contributed by atoms with van der Waals surface area (Å²) in [4.78, 5) is 17.7. The van der Waals surface area contributed by atoms with Gasteiger partial charge in [0.15, 0.2) is 0 Å². The average molecular weight is 273 g/mol. The first kappa shape index (κ1) is 15.0. The number of hydrogen-bond donors (Lipinski definition) is 0. The Bertz CT molecular complexity index is 449. The fraction of sp³-hybridized carbons (Fsp3) is 0.529. The molecule has 0 amide bonds. The van der Waals surface area contributed by atoms with Crippen LogP contribution < -0.4 is 0 Å². The van der Waals surface area contributed by atoms with Gasteiger partial charge in [0.25, 0.3) is 0 Å². The van der Waals surface area contributed by atoms with Crippen molar-refractivity contribution in [2.45, 2.75) is 58.0 Å². The number of carbonyl (C=O) groups excluding carboxylic acids is 1. The smallest absolute Gasteiger partial charge is 0.338 e. The first-order chi connectivity index (χ1) is 9.31. The number of benzene rings is 1. The number of hydroxylamine groups is 2. The quantitative estimate of drug-likeness (QED) is 0.842. The van der Waals surface area contributed by atoms with Crippen LogP contribution in [-0.2, 0) is 9.63 Å². The molecule has 0 bridgehead atoms. The molecular formula is C17H23NO2. The Morgan fingerprint density at radius 2 is 1.65 bits per heavy atom. The molecule has 1 aliphatic heterocycles. The summed E-state index contributed by atoms with van der Waals surface area (Å²) < 4.78 is 0. The maximum Gasteiger partial charge on any atom is 0.338 e. The van der Waals surface area contributed by atoms with Gasteiger partial charge in [0.2, 0.25) is 0 Å². The van der Waals surface area contributed by atoms with Gasteiger partial charge in [-0.25, -0.2) is 4.79 Å². The molecule has 0 atom stereocenters. The lowest BCUT2D eigenvalue weighted by Gasteiger charge is -2.50. The Morgan fingerprint density at radius 3 is 2.20 bits per heavy atom. The fourth-order valence-corrected chi connectivity index (χ4v) is 2.97. The highest BCUT2D eigenvalue weighted by Gasteiger charge is 2.44. The number of piperidine rings is 1. The van der Waals surface area contributed by atoms with E-state index in [9.17, 15) is 4.79 Å². The van der Waals surface area contributed by atoms with Gasteiger partial charge in [-0.2, -0.15) is 0 Å². The molecule has 1 aromatic carbocycles. The van der Waals surface area contributed by atoms with Crippen LogP contribution in [0.3, 0.4) is 0 Å². The lowest BCUT2D eigenvalue weighted by atomic mass is 9.82. The van der Waals surface area contributed by atoms with Crippen molar-refractivity contribution in [1.29, 1.82) is 0 Å². The number of nitrogens with zero attached hydrogens (tertiary/aromatic N) is 1. The third-order valence-electron chi connectivity index (χ3n) is 3.87. The van der Waals surface area contributed by atoms with Crippen molar-refractivity contribution in [2.75, 3.05) is 0 Å². The van der Waals surface area contributed by atoms with Gasteiger partial charge in [-0.15, -0.1) is 5.06 Å². The van der Waals surface area contributed by atoms with Crippen molar-refractivity contribution in [1.82, 2.24) is 5.06 Å². The third kappa shape index (κ3) is 3.40. The molecule has 20 heavy (non-hydrogen) atoms. The Kier molecular flexibility index (Phi) is 4.19. The van der Waals surface area contributed by atoms with E-state index in [2.05, 4.69) is 34.1 Å². The summed E-state index contributed by atoms with van der Waals surface area (Å²) in [5.74, 6) is -0.431. The zero-order chi connectivity index (χ0) is 14.8. The molecule has 0 unspecified atom stereocenters. The molecule has 3 heteroatoms. The normalized spacial score (nSPS) is 21.4. The molecule has 1 aromatic rings. The monoisotopic (exact) mass is 273 g/mol. The van der Waals surface area contributed by atoms with E-state index in [-0.39, 0.29) is 11.1 Å². The summed E-state index contributed by atoms with van der Waals surface area (Å²) in [6.45, 7) is 8.46. The van der Waals surface area contributed by atoms with E-state index in [1.54, 1.807) is 0 Å². The molecule has 0 spiro atoms. The summed E-state index contributed by atoms with van der Waals surface area (Å²) in [5.41, 5.74) is 0.455. The van der Waals surface area contributed by atoms with Crippen LogP contribution in [0.4, 0.5) is 0 Å². The minimum absolute atomic E-state index is 0.143. The van der Waals surface area contributed by atoms with Gasteiger partial charge in [0.05, 0.1) is 11.1 Å². The molecule has 1 fully saturated rings. The lowest BCUT2D eigenvalue weighted by molar-refractivity contribution is -0.262.